The second-order valence-electron chi connectivity index (χ2n) is 21.0. The Morgan fingerprint density at radius 1 is 1.00 bits per heavy atom. The minimum Gasteiger partial charge on any atom is -0.489 e. The molecule has 16 nitrogen and oxygen atoms in total. The second kappa shape index (κ2) is 18.1. The first-order valence-electron chi connectivity index (χ1n) is 24.5. The highest BCUT2D eigenvalue weighted by molar-refractivity contribution is 7.90. The van der Waals surface area contributed by atoms with Gasteiger partial charge in [-0.15, -0.1) is 0 Å². The molecular formula is C52H64N8O8S. The molecule has 1 spiro atoms. The molecule has 5 aromatic rings. The van der Waals surface area contributed by atoms with Crippen molar-refractivity contribution in [3.63, 3.8) is 0 Å². The maximum Gasteiger partial charge on any atom is 0.297 e. The number of carbonyl (C=O) groups excluding carboxylic acids is 1. The number of aliphatic hydroxyl groups is 1. The van der Waals surface area contributed by atoms with Gasteiger partial charge in [0.15, 0.2) is 23.0 Å². The van der Waals surface area contributed by atoms with Crippen LogP contribution in [-0.4, -0.2) is 97.2 Å². The van der Waals surface area contributed by atoms with Crippen LogP contribution in [0, 0.1) is 21.4 Å². The van der Waals surface area contributed by atoms with Crippen molar-refractivity contribution in [3.05, 3.63) is 99.7 Å². The van der Waals surface area contributed by atoms with Gasteiger partial charge in [-0.05, 0) is 130 Å². The zero-order valence-corrected chi connectivity index (χ0v) is 41.0. The fourth-order valence-corrected chi connectivity index (χ4v) is 12.9. The molecule has 2 saturated carbocycles. The predicted octanol–water partition coefficient (Wildman–Crippen LogP) is 9.27. The SMILES string of the molecule is CC(C)c1ccccc1[C@@H]1CCCN1C1CC2(CCN(c3ccc(C(=O)NS(=O)(=O)c4cc5c(c([N+](=O)[O-])c4)N[C@@H]([C@H]4CC[C@](C)(O)CC4)CO5)c(Oc4cc5cc[nH]c5nc4N(C)C)c3)CC2)C1. The summed E-state index contributed by atoms with van der Waals surface area (Å²) < 4.78 is 43.0. The van der Waals surface area contributed by atoms with Crippen LogP contribution >= 0.6 is 0 Å². The number of ether oxygens (including phenoxy) is 2. The van der Waals surface area contributed by atoms with E-state index in [1.807, 2.05) is 39.2 Å². The lowest BCUT2D eigenvalue weighted by Gasteiger charge is -2.56. The van der Waals surface area contributed by atoms with Crippen molar-refractivity contribution in [1.29, 1.82) is 0 Å². The van der Waals surface area contributed by atoms with E-state index < -0.39 is 37.0 Å². The van der Waals surface area contributed by atoms with Crippen molar-refractivity contribution in [3.8, 4) is 17.2 Å². The third-order valence-electron chi connectivity index (χ3n) is 15.8. The van der Waals surface area contributed by atoms with Crippen molar-refractivity contribution in [2.24, 2.45) is 11.3 Å². The fraction of sp³-hybridized carbons (Fsp3) is 0.500. The quantitative estimate of drug-likeness (QED) is 0.0683. The molecule has 3 aliphatic heterocycles. The highest BCUT2D eigenvalue weighted by atomic mass is 32.2. The van der Waals surface area contributed by atoms with Gasteiger partial charge in [0.05, 0.1) is 27.0 Å². The third kappa shape index (κ3) is 9.20. The van der Waals surface area contributed by atoms with Crippen molar-refractivity contribution >= 4 is 49.8 Å². The molecule has 2 aliphatic carbocycles. The molecular weight excluding hydrogens is 897 g/mol. The first kappa shape index (κ1) is 46.8. The maximum atomic E-state index is 14.3. The van der Waals surface area contributed by atoms with E-state index in [9.17, 15) is 28.4 Å². The van der Waals surface area contributed by atoms with Gasteiger partial charge in [0, 0.05) is 74.7 Å². The van der Waals surface area contributed by atoms with E-state index in [1.54, 1.807) is 23.2 Å². The lowest BCUT2D eigenvalue weighted by atomic mass is 9.59. The number of anilines is 3. The first-order chi connectivity index (χ1) is 33.0. The van der Waals surface area contributed by atoms with E-state index in [1.165, 1.54) is 42.9 Å². The summed E-state index contributed by atoms with van der Waals surface area (Å²) in [6, 6.07) is 20.8. The Balaban J connectivity index is 0.884. The normalized spacial score (nSPS) is 23.8. The molecule has 2 saturated heterocycles. The number of piperidine rings is 1. The Hall–Kier alpha value is -5.91. The largest absolute Gasteiger partial charge is 0.489 e. The Morgan fingerprint density at radius 3 is 2.48 bits per heavy atom. The monoisotopic (exact) mass is 960 g/mol. The van der Waals surface area contributed by atoms with Crippen molar-refractivity contribution < 1.29 is 32.7 Å². The molecule has 0 unspecified atom stereocenters. The number of aromatic nitrogens is 2. The zero-order valence-electron chi connectivity index (χ0n) is 40.2. The zero-order chi connectivity index (χ0) is 48.4. The summed E-state index contributed by atoms with van der Waals surface area (Å²) in [5.41, 5.74) is 3.53. The first-order valence-corrected chi connectivity index (χ1v) is 26.0. The van der Waals surface area contributed by atoms with E-state index in [2.05, 4.69) is 62.9 Å². The van der Waals surface area contributed by atoms with Gasteiger partial charge in [-0.2, -0.15) is 0 Å². The average molecular weight is 961 g/mol. The van der Waals surface area contributed by atoms with Gasteiger partial charge in [0.1, 0.15) is 18.0 Å². The van der Waals surface area contributed by atoms with E-state index in [0.717, 1.165) is 49.6 Å². The molecule has 0 radical (unpaired) electrons. The minimum absolute atomic E-state index is 0.00158. The number of sulfonamides is 1. The third-order valence-corrected chi connectivity index (χ3v) is 17.1. The number of nitrogens with one attached hydrogen (secondary N) is 3. The van der Waals surface area contributed by atoms with Crippen molar-refractivity contribution in [1.82, 2.24) is 19.6 Å². The Morgan fingerprint density at radius 2 is 1.75 bits per heavy atom. The summed E-state index contributed by atoms with van der Waals surface area (Å²) in [6.07, 6.45) is 11.3. The number of fused-ring (bicyclic) bond motifs is 2. The Labute approximate surface area is 404 Å². The topological polar surface area (TPSA) is 196 Å². The lowest BCUT2D eigenvalue weighted by Crippen LogP contribution is -2.54. The van der Waals surface area contributed by atoms with Gasteiger partial charge >= 0.3 is 0 Å². The molecule has 1 amide bonds. The molecule has 5 aliphatic rings. The number of nitro benzene ring substituents is 1. The smallest absolute Gasteiger partial charge is 0.297 e. The number of hydrogen-bond acceptors (Lipinski definition) is 13. The summed E-state index contributed by atoms with van der Waals surface area (Å²) >= 11 is 0. The molecule has 5 heterocycles. The maximum absolute atomic E-state index is 14.3. The predicted molar refractivity (Wildman–Crippen MR) is 266 cm³/mol. The van der Waals surface area contributed by atoms with E-state index in [0.29, 0.717) is 60.9 Å². The number of benzene rings is 3. The number of nitrogens with zero attached hydrogens (tertiary/aromatic N) is 5. The molecule has 4 fully saturated rings. The fourth-order valence-electron chi connectivity index (χ4n) is 11.9. The summed E-state index contributed by atoms with van der Waals surface area (Å²) in [5, 5.41) is 27.0. The molecule has 2 atom stereocenters. The molecule has 3 aromatic carbocycles. The number of nitro groups is 1. The summed E-state index contributed by atoms with van der Waals surface area (Å²) in [6.45, 7) is 9.33. The summed E-state index contributed by atoms with van der Waals surface area (Å²) in [5.74, 6) is 0.607. The van der Waals surface area contributed by atoms with Crippen LogP contribution in [-0.2, 0) is 10.0 Å². The molecule has 4 N–H and O–H groups in total. The van der Waals surface area contributed by atoms with Crippen molar-refractivity contribution in [2.75, 3.05) is 55.5 Å². The number of amides is 1. The number of aromatic amines is 1. The number of hydrogen-bond donors (Lipinski definition) is 4. The van der Waals surface area contributed by atoms with Crippen molar-refractivity contribution in [2.45, 2.75) is 120 Å². The Bertz CT molecular complexity index is 2870. The van der Waals surface area contributed by atoms with E-state index in [4.69, 9.17) is 14.5 Å². The number of carbonyl (C=O) groups is 1. The Kier molecular flexibility index (Phi) is 12.3. The number of likely N-dealkylation sites (tertiary alicyclic amines) is 1. The molecule has 10 rings (SSSR count). The average Bonchev–Trinajstić information content (AvgIpc) is 4.00. The molecule has 2 aromatic heterocycles. The van der Waals surface area contributed by atoms with Gasteiger partial charge in [-0.25, -0.2) is 18.1 Å². The van der Waals surface area contributed by atoms with Crippen LogP contribution in [0.3, 0.4) is 0 Å². The van der Waals surface area contributed by atoms with Gasteiger partial charge < -0.3 is 34.7 Å². The van der Waals surface area contributed by atoms with Gasteiger partial charge in [0.25, 0.3) is 21.6 Å². The van der Waals surface area contributed by atoms with Gasteiger partial charge in [0.2, 0.25) is 0 Å². The summed E-state index contributed by atoms with van der Waals surface area (Å²) in [4.78, 5) is 40.4. The highest BCUT2D eigenvalue weighted by Crippen LogP contribution is 2.54. The van der Waals surface area contributed by atoms with Crippen LogP contribution in [0.4, 0.5) is 22.9 Å². The van der Waals surface area contributed by atoms with Crippen LogP contribution in [0.15, 0.2) is 77.8 Å². The van der Waals surface area contributed by atoms with Crippen LogP contribution in [0.25, 0.3) is 11.0 Å². The number of H-pyrrole nitrogens is 1. The number of pyridine rings is 1. The van der Waals surface area contributed by atoms with E-state index >= 15 is 0 Å². The van der Waals surface area contributed by atoms with Crippen LogP contribution < -0.4 is 29.3 Å². The minimum atomic E-state index is -4.69. The number of rotatable bonds is 12. The highest BCUT2D eigenvalue weighted by Gasteiger charge is 2.50. The molecule has 17 heteroatoms. The standard InChI is InChI=1S/C52H64N8O8S/c1-32(2)38-9-6-7-10-39(38)42-11-8-22-59(42)36-29-52(30-36)19-23-58(24-20-52)35-12-13-40(44(26-35)68-46-25-34-16-21-53-48(34)55-49(46)57(4)5)50(61)56-69(65,66)37-27-43(60(63)64)47-45(28-37)67-31-41(54-47)33-14-17-51(3,62)18-15-33/h6-7,9-10,12-13,16,21,25-28,32-33,36,41-42,54,62H,8,11,14-15,17-20,22-24,29-31H2,1-5H3,(H,53,55)(H,56,61)/t33-,41-,42+,51-/m1/s1. The van der Waals surface area contributed by atoms with Crippen LogP contribution in [0.1, 0.15) is 118 Å². The second-order valence-corrected chi connectivity index (χ2v) is 22.7. The van der Waals surface area contributed by atoms with Crippen LogP contribution in [0.5, 0.6) is 17.2 Å². The van der Waals surface area contributed by atoms with Crippen LogP contribution in [0.2, 0.25) is 0 Å². The van der Waals surface area contributed by atoms with Gasteiger partial charge in [-0.1, -0.05) is 38.1 Å². The lowest BCUT2D eigenvalue weighted by molar-refractivity contribution is -0.384. The van der Waals surface area contributed by atoms with Gasteiger partial charge in [-0.3, -0.25) is 19.8 Å². The van der Waals surface area contributed by atoms with E-state index in [-0.39, 0.29) is 46.7 Å². The molecule has 366 valence electrons. The molecule has 0 bridgehead atoms. The molecule has 69 heavy (non-hydrogen) atoms. The summed E-state index contributed by atoms with van der Waals surface area (Å²) in [7, 11) is -1.02.